The van der Waals surface area contributed by atoms with E-state index in [1.165, 1.54) is 0 Å². The molecule has 0 saturated carbocycles. The second-order valence-corrected chi connectivity index (χ2v) is 6.28. The van der Waals surface area contributed by atoms with Crippen LogP contribution in [0, 0.1) is 10.1 Å². The van der Waals surface area contributed by atoms with Gasteiger partial charge in [0.05, 0.1) is 12.1 Å². The van der Waals surface area contributed by atoms with E-state index in [-0.39, 0.29) is 11.5 Å². The number of rotatable bonds is 4. The standard InChI is InChI=1S/C15H21N3O5/c1-15(2,3)23-22-14(19)11-4-6-12(7-5-11)17-9-8-16-10-13(17)18(20)21/h4-7,13,16H,8-10H2,1-3H3. The smallest absolute Gasteiger partial charge is 0.308 e. The van der Waals surface area contributed by atoms with Gasteiger partial charge in [0.25, 0.3) is 6.17 Å². The van der Waals surface area contributed by atoms with Gasteiger partial charge in [-0.3, -0.25) is 15.0 Å². The predicted molar refractivity (Wildman–Crippen MR) is 83.7 cm³/mol. The van der Waals surface area contributed by atoms with Crippen molar-refractivity contribution < 1.29 is 19.5 Å². The molecule has 1 fully saturated rings. The molecule has 8 heteroatoms. The van der Waals surface area contributed by atoms with E-state index in [9.17, 15) is 14.9 Å². The molecular formula is C15H21N3O5. The monoisotopic (exact) mass is 323 g/mol. The second-order valence-electron chi connectivity index (χ2n) is 6.28. The van der Waals surface area contributed by atoms with Gasteiger partial charge in [-0.25, -0.2) is 4.79 Å². The summed E-state index contributed by atoms with van der Waals surface area (Å²) in [7, 11) is 0. The van der Waals surface area contributed by atoms with E-state index >= 15 is 0 Å². The van der Waals surface area contributed by atoms with Gasteiger partial charge in [0.2, 0.25) is 0 Å². The molecular weight excluding hydrogens is 302 g/mol. The summed E-state index contributed by atoms with van der Waals surface area (Å²) in [5.74, 6) is -0.599. The van der Waals surface area contributed by atoms with Gasteiger partial charge in [0, 0.05) is 23.7 Å². The average Bonchev–Trinajstić information content (AvgIpc) is 2.52. The summed E-state index contributed by atoms with van der Waals surface area (Å²) in [5, 5.41) is 14.1. The van der Waals surface area contributed by atoms with E-state index < -0.39 is 17.7 Å². The van der Waals surface area contributed by atoms with Crippen molar-refractivity contribution >= 4 is 11.7 Å². The van der Waals surface area contributed by atoms with Crippen molar-refractivity contribution in [2.75, 3.05) is 24.5 Å². The molecule has 1 aromatic carbocycles. The third-order valence-electron chi connectivity index (χ3n) is 3.26. The highest BCUT2D eigenvalue weighted by Crippen LogP contribution is 2.20. The first kappa shape index (κ1) is 17.2. The van der Waals surface area contributed by atoms with E-state index in [2.05, 4.69) is 5.32 Å². The number of nitro groups is 1. The maximum atomic E-state index is 11.9. The third-order valence-corrected chi connectivity index (χ3v) is 3.26. The average molecular weight is 323 g/mol. The molecule has 1 heterocycles. The number of nitrogens with zero attached hydrogens (tertiary/aromatic N) is 2. The number of carbonyl (C=O) groups is 1. The lowest BCUT2D eigenvalue weighted by Crippen LogP contribution is -2.55. The Morgan fingerprint density at radius 2 is 2.00 bits per heavy atom. The first-order valence-corrected chi connectivity index (χ1v) is 7.39. The van der Waals surface area contributed by atoms with Crippen molar-refractivity contribution in [1.29, 1.82) is 0 Å². The molecule has 1 aromatic rings. The summed E-state index contributed by atoms with van der Waals surface area (Å²) < 4.78 is 0. The van der Waals surface area contributed by atoms with Crippen LogP contribution in [0.25, 0.3) is 0 Å². The summed E-state index contributed by atoms with van der Waals surface area (Å²) >= 11 is 0. The minimum atomic E-state index is -0.814. The summed E-state index contributed by atoms with van der Waals surface area (Å²) in [6.07, 6.45) is -0.814. The number of hydrogen-bond acceptors (Lipinski definition) is 7. The highest BCUT2D eigenvalue weighted by molar-refractivity contribution is 5.89. The molecule has 0 bridgehead atoms. The van der Waals surface area contributed by atoms with Crippen LogP contribution in [0.5, 0.6) is 0 Å². The van der Waals surface area contributed by atoms with Crippen molar-refractivity contribution in [2.24, 2.45) is 0 Å². The number of hydrogen-bond donors (Lipinski definition) is 1. The van der Waals surface area contributed by atoms with Crippen LogP contribution in [-0.2, 0) is 9.78 Å². The molecule has 0 spiro atoms. The Hall–Kier alpha value is -2.19. The van der Waals surface area contributed by atoms with E-state index in [0.717, 1.165) is 0 Å². The summed E-state index contributed by atoms with van der Waals surface area (Å²) in [6.45, 7) is 6.80. The van der Waals surface area contributed by atoms with Gasteiger partial charge in [-0.15, -0.1) is 0 Å². The fourth-order valence-corrected chi connectivity index (χ4v) is 2.18. The van der Waals surface area contributed by atoms with Crippen LogP contribution in [0.15, 0.2) is 24.3 Å². The molecule has 1 aliphatic heterocycles. The van der Waals surface area contributed by atoms with Gasteiger partial charge in [-0.2, -0.15) is 4.89 Å². The first-order valence-electron chi connectivity index (χ1n) is 7.39. The Balaban J connectivity index is 2.06. The number of carbonyl (C=O) groups excluding carboxylic acids is 1. The molecule has 1 atom stereocenters. The molecule has 0 amide bonds. The fourth-order valence-electron chi connectivity index (χ4n) is 2.18. The zero-order valence-corrected chi connectivity index (χ0v) is 13.4. The molecule has 1 saturated heterocycles. The van der Waals surface area contributed by atoms with E-state index in [1.54, 1.807) is 49.9 Å². The van der Waals surface area contributed by atoms with Crippen molar-refractivity contribution in [2.45, 2.75) is 32.5 Å². The van der Waals surface area contributed by atoms with Crippen molar-refractivity contribution in [3.05, 3.63) is 39.9 Å². The van der Waals surface area contributed by atoms with Crippen LogP contribution in [0.1, 0.15) is 31.1 Å². The Morgan fingerprint density at radius 3 is 2.57 bits per heavy atom. The number of anilines is 1. The Labute approximate surface area is 134 Å². The van der Waals surface area contributed by atoms with Gasteiger partial charge in [0.15, 0.2) is 0 Å². The van der Waals surface area contributed by atoms with Crippen LogP contribution >= 0.6 is 0 Å². The highest BCUT2D eigenvalue weighted by atomic mass is 17.2. The largest absolute Gasteiger partial charge is 0.373 e. The van der Waals surface area contributed by atoms with Gasteiger partial charge in [0.1, 0.15) is 5.60 Å². The van der Waals surface area contributed by atoms with Crippen LogP contribution < -0.4 is 10.2 Å². The Bertz CT molecular complexity index is 567. The van der Waals surface area contributed by atoms with Crippen LogP contribution in [0.3, 0.4) is 0 Å². The Kier molecular flexibility index (Phi) is 5.17. The van der Waals surface area contributed by atoms with E-state index in [0.29, 0.717) is 24.3 Å². The third kappa shape index (κ3) is 4.64. The topological polar surface area (TPSA) is 93.9 Å². The quantitative estimate of drug-likeness (QED) is 0.511. The molecule has 0 aliphatic carbocycles. The lowest BCUT2D eigenvalue weighted by molar-refractivity contribution is -0.520. The minimum Gasteiger partial charge on any atom is -0.308 e. The molecule has 1 unspecified atom stereocenters. The predicted octanol–water partition coefficient (Wildman–Crippen LogP) is 1.59. The first-order chi connectivity index (χ1) is 10.8. The van der Waals surface area contributed by atoms with Crippen molar-refractivity contribution in [1.82, 2.24) is 5.32 Å². The molecule has 1 N–H and O–H groups in total. The molecule has 2 rings (SSSR count). The van der Waals surface area contributed by atoms with E-state index in [1.807, 2.05) is 0 Å². The SMILES string of the molecule is CC(C)(C)OOC(=O)c1ccc(N2CCNCC2[N+](=O)[O-])cc1. The van der Waals surface area contributed by atoms with Gasteiger partial charge in [-0.05, 0) is 45.0 Å². The summed E-state index contributed by atoms with van der Waals surface area (Å²) in [6, 6.07) is 6.50. The maximum Gasteiger partial charge on any atom is 0.373 e. The molecule has 1 aliphatic rings. The van der Waals surface area contributed by atoms with Crippen LogP contribution in [0.2, 0.25) is 0 Å². The molecule has 23 heavy (non-hydrogen) atoms. The van der Waals surface area contributed by atoms with Crippen LogP contribution in [-0.4, -0.2) is 42.3 Å². The lowest BCUT2D eigenvalue weighted by atomic mass is 10.1. The Morgan fingerprint density at radius 1 is 1.35 bits per heavy atom. The molecule has 126 valence electrons. The number of nitrogens with one attached hydrogen (secondary N) is 1. The van der Waals surface area contributed by atoms with E-state index in [4.69, 9.17) is 9.78 Å². The van der Waals surface area contributed by atoms with Gasteiger partial charge >= 0.3 is 5.97 Å². The maximum absolute atomic E-state index is 11.9. The zero-order chi connectivity index (χ0) is 17.0. The number of piperazine rings is 1. The van der Waals surface area contributed by atoms with Crippen molar-refractivity contribution in [3.63, 3.8) is 0 Å². The van der Waals surface area contributed by atoms with Gasteiger partial charge < -0.3 is 10.2 Å². The minimum absolute atomic E-state index is 0.288. The number of benzene rings is 1. The highest BCUT2D eigenvalue weighted by Gasteiger charge is 2.31. The van der Waals surface area contributed by atoms with Crippen LogP contribution in [0.4, 0.5) is 5.69 Å². The summed E-state index contributed by atoms with van der Waals surface area (Å²) in [5.41, 5.74) is 0.433. The van der Waals surface area contributed by atoms with Crippen molar-refractivity contribution in [3.8, 4) is 0 Å². The second kappa shape index (κ2) is 6.93. The van der Waals surface area contributed by atoms with Gasteiger partial charge in [-0.1, -0.05) is 0 Å². The summed E-state index contributed by atoms with van der Waals surface area (Å²) in [4.78, 5) is 34.1. The fraction of sp³-hybridized carbons (Fsp3) is 0.533. The molecule has 0 aromatic heterocycles. The normalized spacial score (nSPS) is 18.6. The molecule has 0 radical (unpaired) electrons. The lowest BCUT2D eigenvalue weighted by Gasteiger charge is -2.31. The zero-order valence-electron chi connectivity index (χ0n) is 13.4. The molecule has 8 nitrogen and oxygen atoms in total.